The Kier molecular flexibility index (Phi) is 7.17. The van der Waals surface area contributed by atoms with Gasteiger partial charge in [0.2, 0.25) is 15.9 Å². The maximum absolute atomic E-state index is 12.1. The minimum atomic E-state index is -3.40. The number of ether oxygens (including phenoxy) is 1. The van der Waals surface area contributed by atoms with E-state index < -0.39 is 10.0 Å². The molecule has 0 aliphatic carbocycles. The third-order valence-electron chi connectivity index (χ3n) is 3.90. The summed E-state index contributed by atoms with van der Waals surface area (Å²) in [6.07, 6.45) is 1.80. The van der Waals surface area contributed by atoms with Crippen LogP contribution in [0, 0.1) is 0 Å². The summed E-state index contributed by atoms with van der Waals surface area (Å²) >= 11 is 0. The molecule has 0 atom stereocenters. The van der Waals surface area contributed by atoms with E-state index in [1.165, 1.54) is 4.31 Å². The zero-order chi connectivity index (χ0) is 19.0. The van der Waals surface area contributed by atoms with Crippen LogP contribution in [0.5, 0.6) is 5.75 Å². The van der Waals surface area contributed by atoms with E-state index in [2.05, 4.69) is 5.32 Å². The molecule has 26 heavy (non-hydrogen) atoms. The SMILES string of the molecule is COc1cccc(CCN(CCC(=O)Nc2ccccc2)S(C)(=O)=O)c1. The van der Waals surface area contributed by atoms with E-state index in [1.807, 2.05) is 42.5 Å². The van der Waals surface area contributed by atoms with E-state index in [0.717, 1.165) is 17.6 Å². The normalized spacial score (nSPS) is 11.3. The summed E-state index contributed by atoms with van der Waals surface area (Å²) in [6, 6.07) is 16.6. The van der Waals surface area contributed by atoms with Crippen molar-refractivity contribution in [1.29, 1.82) is 0 Å². The Labute approximate surface area is 154 Å². The summed E-state index contributed by atoms with van der Waals surface area (Å²) in [6.45, 7) is 0.450. The van der Waals surface area contributed by atoms with Crippen molar-refractivity contribution in [3.05, 3.63) is 60.2 Å². The topological polar surface area (TPSA) is 75.7 Å². The van der Waals surface area contributed by atoms with Gasteiger partial charge in [-0.1, -0.05) is 30.3 Å². The van der Waals surface area contributed by atoms with Crippen LogP contribution < -0.4 is 10.1 Å². The highest BCUT2D eigenvalue weighted by Crippen LogP contribution is 2.14. The van der Waals surface area contributed by atoms with Crippen LogP contribution in [0.15, 0.2) is 54.6 Å². The molecule has 0 saturated carbocycles. The number of amides is 1. The van der Waals surface area contributed by atoms with Crippen molar-refractivity contribution in [2.75, 3.05) is 31.8 Å². The van der Waals surface area contributed by atoms with Crippen molar-refractivity contribution in [3.63, 3.8) is 0 Å². The molecule has 0 fully saturated rings. The first-order valence-corrected chi connectivity index (χ1v) is 10.2. The molecule has 0 bridgehead atoms. The summed E-state index contributed by atoms with van der Waals surface area (Å²) < 4.78 is 30.5. The summed E-state index contributed by atoms with van der Waals surface area (Å²) in [5.41, 5.74) is 1.67. The van der Waals surface area contributed by atoms with Gasteiger partial charge in [0.25, 0.3) is 0 Å². The van der Waals surface area contributed by atoms with Gasteiger partial charge >= 0.3 is 0 Å². The fourth-order valence-electron chi connectivity index (χ4n) is 2.50. The number of carbonyl (C=O) groups excluding carboxylic acids is 1. The molecular formula is C19H24N2O4S. The number of para-hydroxylation sites is 1. The van der Waals surface area contributed by atoms with E-state index >= 15 is 0 Å². The molecule has 0 heterocycles. The molecule has 7 heteroatoms. The van der Waals surface area contributed by atoms with Crippen LogP contribution >= 0.6 is 0 Å². The Morgan fingerprint density at radius 1 is 1.08 bits per heavy atom. The number of carbonyl (C=O) groups is 1. The number of nitrogens with zero attached hydrogens (tertiary/aromatic N) is 1. The number of sulfonamides is 1. The maximum Gasteiger partial charge on any atom is 0.225 e. The van der Waals surface area contributed by atoms with Gasteiger partial charge in [-0.3, -0.25) is 4.79 Å². The molecule has 0 aliphatic rings. The van der Waals surface area contributed by atoms with Crippen molar-refractivity contribution < 1.29 is 17.9 Å². The number of benzene rings is 2. The molecule has 140 valence electrons. The van der Waals surface area contributed by atoms with Crippen LogP contribution in [-0.4, -0.2) is 45.1 Å². The predicted molar refractivity (Wildman–Crippen MR) is 103 cm³/mol. The highest BCUT2D eigenvalue weighted by Gasteiger charge is 2.18. The van der Waals surface area contributed by atoms with E-state index in [9.17, 15) is 13.2 Å². The summed E-state index contributed by atoms with van der Waals surface area (Å²) in [7, 11) is -1.81. The van der Waals surface area contributed by atoms with Gasteiger partial charge in [0, 0.05) is 25.2 Å². The second-order valence-corrected chi connectivity index (χ2v) is 7.91. The van der Waals surface area contributed by atoms with Crippen LogP contribution in [0.3, 0.4) is 0 Å². The third-order valence-corrected chi connectivity index (χ3v) is 5.20. The van der Waals surface area contributed by atoms with E-state index in [0.29, 0.717) is 18.7 Å². The van der Waals surface area contributed by atoms with Crippen molar-refractivity contribution in [1.82, 2.24) is 4.31 Å². The second-order valence-electron chi connectivity index (χ2n) is 5.93. The molecule has 2 aromatic rings. The van der Waals surface area contributed by atoms with Gasteiger partial charge in [-0.25, -0.2) is 12.7 Å². The Hall–Kier alpha value is -2.38. The lowest BCUT2D eigenvalue weighted by molar-refractivity contribution is -0.116. The van der Waals surface area contributed by atoms with Crippen molar-refractivity contribution in [2.45, 2.75) is 12.8 Å². The molecule has 0 unspecified atom stereocenters. The minimum absolute atomic E-state index is 0.0973. The summed E-state index contributed by atoms with van der Waals surface area (Å²) in [5.74, 6) is 0.516. The van der Waals surface area contributed by atoms with Crippen molar-refractivity contribution in [2.24, 2.45) is 0 Å². The Morgan fingerprint density at radius 2 is 1.81 bits per heavy atom. The molecule has 2 rings (SSSR count). The Morgan fingerprint density at radius 3 is 2.46 bits per heavy atom. The molecule has 0 saturated heterocycles. The molecule has 1 N–H and O–H groups in total. The highest BCUT2D eigenvalue weighted by atomic mass is 32.2. The smallest absolute Gasteiger partial charge is 0.225 e. The Bertz CT molecular complexity index is 822. The lowest BCUT2D eigenvalue weighted by Crippen LogP contribution is -2.34. The molecule has 2 aromatic carbocycles. The van der Waals surface area contributed by atoms with Gasteiger partial charge in [-0.15, -0.1) is 0 Å². The average molecular weight is 376 g/mol. The number of hydrogen-bond acceptors (Lipinski definition) is 4. The highest BCUT2D eigenvalue weighted by molar-refractivity contribution is 7.88. The molecule has 6 nitrogen and oxygen atoms in total. The first kappa shape index (κ1) is 19.9. The number of rotatable bonds is 9. The molecule has 0 radical (unpaired) electrons. The lowest BCUT2D eigenvalue weighted by Gasteiger charge is -2.20. The molecule has 0 spiro atoms. The number of anilines is 1. The average Bonchev–Trinajstić information content (AvgIpc) is 2.61. The second kappa shape index (κ2) is 9.35. The van der Waals surface area contributed by atoms with Crippen molar-refractivity contribution >= 4 is 21.6 Å². The van der Waals surface area contributed by atoms with Gasteiger partial charge in [-0.05, 0) is 36.2 Å². The van der Waals surface area contributed by atoms with Gasteiger partial charge in [0.15, 0.2) is 0 Å². The molecule has 0 aliphatic heterocycles. The monoisotopic (exact) mass is 376 g/mol. The van der Waals surface area contributed by atoms with Gasteiger partial charge in [-0.2, -0.15) is 0 Å². The first-order valence-electron chi connectivity index (χ1n) is 8.31. The largest absolute Gasteiger partial charge is 0.497 e. The van der Waals surface area contributed by atoms with Crippen LogP contribution in [0.2, 0.25) is 0 Å². The van der Waals surface area contributed by atoms with Crippen LogP contribution in [0.4, 0.5) is 5.69 Å². The molecular weight excluding hydrogens is 352 g/mol. The number of methoxy groups -OCH3 is 1. The zero-order valence-electron chi connectivity index (χ0n) is 15.0. The Balaban J connectivity index is 1.91. The third kappa shape index (κ3) is 6.50. The fraction of sp³-hybridized carbons (Fsp3) is 0.316. The predicted octanol–water partition coefficient (Wildman–Crippen LogP) is 2.53. The zero-order valence-corrected chi connectivity index (χ0v) is 15.8. The van der Waals surface area contributed by atoms with Crippen LogP contribution in [0.25, 0.3) is 0 Å². The van der Waals surface area contributed by atoms with Crippen LogP contribution in [0.1, 0.15) is 12.0 Å². The summed E-state index contributed by atoms with van der Waals surface area (Å²) in [5, 5.41) is 2.76. The molecule has 0 aromatic heterocycles. The van der Waals surface area contributed by atoms with Crippen LogP contribution in [-0.2, 0) is 21.2 Å². The van der Waals surface area contributed by atoms with E-state index in [4.69, 9.17) is 4.74 Å². The van der Waals surface area contributed by atoms with E-state index in [-0.39, 0.29) is 18.9 Å². The van der Waals surface area contributed by atoms with Gasteiger partial charge in [0.05, 0.1) is 13.4 Å². The first-order chi connectivity index (χ1) is 12.4. The van der Waals surface area contributed by atoms with Gasteiger partial charge < -0.3 is 10.1 Å². The number of nitrogens with one attached hydrogen (secondary N) is 1. The quantitative estimate of drug-likeness (QED) is 0.730. The van der Waals surface area contributed by atoms with E-state index in [1.54, 1.807) is 19.2 Å². The maximum atomic E-state index is 12.1. The summed E-state index contributed by atoms with van der Waals surface area (Å²) in [4.78, 5) is 12.1. The molecule has 1 amide bonds. The standard InChI is InChI=1S/C19H24N2O4S/c1-25-18-10-6-7-16(15-18)11-13-21(26(2,23)24)14-12-19(22)20-17-8-4-3-5-9-17/h3-10,15H,11-14H2,1-2H3,(H,20,22). The number of hydrogen-bond donors (Lipinski definition) is 1. The fourth-order valence-corrected chi connectivity index (χ4v) is 3.34. The lowest BCUT2D eigenvalue weighted by atomic mass is 10.1. The van der Waals surface area contributed by atoms with Gasteiger partial charge in [0.1, 0.15) is 5.75 Å². The minimum Gasteiger partial charge on any atom is -0.497 e. The van der Waals surface area contributed by atoms with Crippen molar-refractivity contribution in [3.8, 4) is 5.75 Å².